The van der Waals surface area contributed by atoms with Crippen LogP contribution in [0.2, 0.25) is 0 Å². The van der Waals surface area contributed by atoms with E-state index in [-0.39, 0.29) is 0 Å². The molecule has 2 aromatic heterocycles. The zero-order valence-corrected chi connectivity index (χ0v) is 9.16. The number of hydrogen-bond donors (Lipinski definition) is 1. The van der Waals surface area contributed by atoms with Gasteiger partial charge in [0, 0.05) is 24.5 Å². The molecule has 15 heavy (non-hydrogen) atoms. The van der Waals surface area contributed by atoms with Gasteiger partial charge in [-0.25, -0.2) is 9.97 Å². The summed E-state index contributed by atoms with van der Waals surface area (Å²) in [6.07, 6.45) is 4.99. The summed E-state index contributed by atoms with van der Waals surface area (Å²) in [5.41, 5.74) is 0.915. The molecule has 0 aliphatic heterocycles. The Labute approximate surface area is 91.6 Å². The summed E-state index contributed by atoms with van der Waals surface area (Å²) in [6.45, 7) is 3.76. The molecule has 0 aliphatic rings. The Morgan fingerprint density at radius 1 is 1.27 bits per heavy atom. The Morgan fingerprint density at radius 3 is 2.80 bits per heavy atom. The first-order valence-electron chi connectivity index (χ1n) is 4.68. The zero-order valence-electron chi connectivity index (χ0n) is 8.34. The second kappa shape index (κ2) is 4.90. The molecule has 0 saturated heterocycles. The lowest BCUT2D eigenvalue weighted by Gasteiger charge is -1.93. The quantitative estimate of drug-likeness (QED) is 0.837. The van der Waals surface area contributed by atoms with E-state index in [1.165, 1.54) is 6.33 Å². The summed E-state index contributed by atoms with van der Waals surface area (Å²) in [5.74, 6) is 0. The van der Waals surface area contributed by atoms with Crippen molar-refractivity contribution in [3.8, 4) is 10.6 Å². The SMILES string of the molecule is CCNCc1nnc(-c2cncnc2)s1. The molecule has 0 fully saturated rings. The van der Waals surface area contributed by atoms with Crippen molar-refractivity contribution < 1.29 is 0 Å². The van der Waals surface area contributed by atoms with Crippen molar-refractivity contribution in [1.29, 1.82) is 0 Å². The Bertz CT molecular complexity index is 413. The Balaban J connectivity index is 2.14. The molecule has 0 aromatic carbocycles. The molecular weight excluding hydrogens is 210 g/mol. The van der Waals surface area contributed by atoms with Crippen molar-refractivity contribution in [2.24, 2.45) is 0 Å². The second-order valence-electron chi connectivity index (χ2n) is 2.91. The van der Waals surface area contributed by atoms with Gasteiger partial charge in [0.2, 0.25) is 0 Å². The third-order valence-corrected chi connectivity index (χ3v) is 2.77. The Kier molecular flexibility index (Phi) is 3.31. The lowest BCUT2D eigenvalue weighted by Crippen LogP contribution is -2.11. The first-order valence-corrected chi connectivity index (χ1v) is 5.50. The van der Waals surface area contributed by atoms with Gasteiger partial charge in [0.15, 0.2) is 5.01 Å². The van der Waals surface area contributed by atoms with Gasteiger partial charge in [-0.05, 0) is 6.54 Å². The van der Waals surface area contributed by atoms with Crippen molar-refractivity contribution in [3.63, 3.8) is 0 Å². The van der Waals surface area contributed by atoms with Crippen LogP contribution in [0.15, 0.2) is 18.7 Å². The lowest BCUT2D eigenvalue weighted by molar-refractivity contribution is 0.715. The molecule has 0 saturated carbocycles. The molecule has 0 atom stereocenters. The fraction of sp³-hybridized carbons (Fsp3) is 0.333. The molecule has 0 radical (unpaired) electrons. The maximum atomic E-state index is 4.09. The van der Waals surface area contributed by atoms with Crippen LogP contribution in [0.25, 0.3) is 10.6 Å². The molecule has 0 bridgehead atoms. The highest BCUT2D eigenvalue weighted by Gasteiger charge is 2.05. The predicted molar refractivity (Wildman–Crippen MR) is 58.3 cm³/mol. The summed E-state index contributed by atoms with van der Waals surface area (Å²) in [6, 6.07) is 0. The van der Waals surface area contributed by atoms with Crippen LogP contribution in [0.3, 0.4) is 0 Å². The number of rotatable bonds is 4. The van der Waals surface area contributed by atoms with Crippen LogP contribution in [0.5, 0.6) is 0 Å². The Morgan fingerprint density at radius 2 is 2.07 bits per heavy atom. The van der Waals surface area contributed by atoms with Crippen molar-refractivity contribution >= 4 is 11.3 Å². The van der Waals surface area contributed by atoms with E-state index in [0.717, 1.165) is 28.7 Å². The maximum Gasteiger partial charge on any atom is 0.150 e. The number of nitrogens with zero attached hydrogens (tertiary/aromatic N) is 4. The van der Waals surface area contributed by atoms with Crippen LogP contribution >= 0.6 is 11.3 Å². The molecule has 1 N–H and O–H groups in total. The average Bonchev–Trinajstić information content (AvgIpc) is 2.76. The van der Waals surface area contributed by atoms with Crippen molar-refractivity contribution in [2.75, 3.05) is 6.54 Å². The monoisotopic (exact) mass is 221 g/mol. The molecular formula is C9H11N5S. The van der Waals surface area contributed by atoms with Crippen LogP contribution in [0.4, 0.5) is 0 Å². The predicted octanol–water partition coefficient (Wildman–Crippen LogP) is 1.10. The first-order chi connectivity index (χ1) is 7.40. The number of aromatic nitrogens is 4. The largest absolute Gasteiger partial charge is 0.311 e. The third-order valence-electron chi connectivity index (χ3n) is 1.80. The van der Waals surface area contributed by atoms with Crippen LogP contribution in [0.1, 0.15) is 11.9 Å². The minimum atomic E-state index is 0.766. The van der Waals surface area contributed by atoms with Crippen LogP contribution < -0.4 is 5.32 Å². The van der Waals surface area contributed by atoms with Gasteiger partial charge >= 0.3 is 0 Å². The van der Waals surface area contributed by atoms with Gasteiger partial charge in [-0.2, -0.15) is 0 Å². The number of nitrogens with one attached hydrogen (secondary N) is 1. The van der Waals surface area contributed by atoms with Gasteiger partial charge < -0.3 is 5.32 Å². The minimum absolute atomic E-state index is 0.766. The smallest absolute Gasteiger partial charge is 0.150 e. The second-order valence-corrected chi connectivity index (χ2v) is 3.97. The third kappa shape index (κ3) is 2.54. The summed E-state index contributed by atoms with van der Waals surface area (Å²) in [4.78, 5) is 7.89. The topological polar surface area (TPSA) is 63.6 Å². The van der Waals surface area contributed by atoms with Crippen molar-refractivity contribution in [3.05, 3.63) is 23.7 Å². The minimum Gasteiger partial charge on any atom is -0.311 e. The molecule has 2 aromatic rings. The maximum absolute atomic E-state index is 4.09. The molecule has 5 nitrogen and oxygen atoms in total. The van der Waals surface area contributed by atoms with E-state index in [9.17, 15) is 0 Å². The van der Waals surface area contributed by atoms with Gasteiger partial charge in [-0.15, -0.1) is 10.2 Å². The highest BCUT2D eigenvalue weighted by Crippen LogP contribution is 2.21. The van der Waals surface area contributed by atoms with E-state index in [1.54, 1.807) is 23.7 Å². The van der Waals surface area contributed by atoms with Gasteiger partial charge in [0.05, 0.1) is 0 Å². The van der Waals surface area contributed by atoms with Crippen LogP contribution in [-0.4, -0.2) is 26.7 Å². The van der Waals surface area contributed by atoms with Crippen molar-refractivity contribution in [2.45, 2.75) is 13.5 Å². The lowest BCUT2D eigenvalue weighted by atomic mass is 10.4. The van der Waals surface area contributed by atoms with E-state index < -0.39 is 0 Å². The molecule has 0 amide bonds. The van der Waals surface area contributed by atoms with Crippen LogP contribution in [-0.2, 0) is 6.54 Å². The van der Waals surface area contributed by atoms with E-state index in [4.69, 9.17) is 0 Å². The highest BCUT2D eigenvalue weighted by molar-refractivity contribution is 7.14. The Hall–Kier alpha value is -1.40. The molecule has 0 aliphatic carbocycles. The highest BCUT2D eigenvalue weighted by atomic mass is 32.1. The fourth-order valence-corrected chi connectivity index (χ4v) is 1.87. The van der Waals surface area contributed by atoms with Crippen molar-refractivity contribution in [1.82, 2.24) is 25.5 Å². The normalized spacial score (nSPS) is 10.5. The molecule has 0 spiro atoms. The summed E-state index contributed by atoms with van der Waals surface area (Å²) >= 11 is 1.56. The van der Waals surface area contributed by atoms with Gasteiger partial charge in [-0.1, -0.05) is 18.3 Å². The first kappa shape index (κ1) is 10.1. The van der Waals surface area contributed by atoms with E-state index in [0.29, 0.717) is 0 Å². The average molecular weight is 221 g/mol. The van der Waals surface area contributed by atoms with Gasteiger partial charge in [0.1, 0.15) is 11.3 Å². The molecule has 6 heteroatoms. The fourth-order valence-electron chi connectivity index (χ4n) is 1.08. The van der Waals surface area contributed by atoms with Crippen LogP contribution in [0, 0.1) is 0 Å². The van der Waals surface area contributed by atoms with E-state index in [2.05, 4.69) is 32.4 Å². The molecule has 0 unspecified atom stereocenters. The number of hydrogen-bond acceptors (Lipinski definition) is 6. The van der Waals surface area contributed by atoms with E-state index >= 15 is 0 Å². The van der Waals surface area contributed by atoms with Gasteiger partial charge in [0.25, 0.3) is 0 Å². The van der Waals surface area contributed by atoms with Gasteiger partial charge in [-0.3, -0.25) is 0 Å². The summed E-state index contributed by atoms with van der Waals surface area (Å²) < 4.78 is 0. The standard InChI is InChI=1S/C9H11N5S/c1-2-10-5-8-13-14-9(15-8)7-3-11-6-12-4-7/h3-4,6,10H,2,5H2,1H3. The zero-order chi connectivity index (χ0) is 10.5. The summed E-state index contributed by atoms with van der Waals surface area (Å²) in [7, 11) is 0. The molecule has 2 heterocycles. The molecule has 2 rings (SSSR count). The van der Waals surface area contributed by atoms with E-state index in [1.807, 2.05) is 0 Å². The molecule has 78 valence electrons. The summed E-state index contributed by atoms with van der Waals surface area (Å²) in [5, 5.41) is 13.2.